The van der Waals surface area contributed by atoms with Crippen LogP contribution in [0.5, 0.6) is 0 Å². The van der Waals surface area contributed by atoms with Gasteiger partial charge in [0, 0.05) is 36.6 Å². The van der Waals surface area contributed by atoms with Crippen molar-refractivity contribution in [3.63, 3.8) is 0 Å². The van der Waals surface area contributed by atoms with Crippen molar-refractivity contribution in [1.29, 1.82) is 0 Å². The minimum Gasteiger partial charge on any atom is -0.308 e. The highest BCUT2D eigenvalue weighted by atomic mass is 32.1. The summed E-state index contributed by atoms with van der Waals surface area (Å²) < 4.78 is 0. The molecule has 2 heterocycles. The molecule has 1 saturated carbocycles. The molecule has 1 saturated heterocycles. The highest BCUT2D eigenvalue weighted by Gasteiger charge is 2.29. The molecule has 0 aromatic carbocycles. The fourth-order valence-corrected chi connectivity index (χ4v) is 3.79. The van der Waals surface area contributed by atoms with Crippen LogP contribution in [-0.4, -0.2) is 28.0 Å². The van der Waals surface area contributed by atoms with Crippen LogP contribution < -0.4 is 5.32 Å². The predicted molar refractivity (Wildman–Crippen MR) is 80.3 cm³/mol. The number of hydrogen-bond donors (Lipinski definition) is 1. The van der Waals surface area contributed by atoms with Crippen molar-refractivity contribution in [2.24, 2.45) is 0 Å². The van der Waals surface area contributed by atoms with Gasteiger partial charge in [-0.3, -0.25) is 4.90 Å². The van der Waals surface area contributed by atoms with E-state index in [2.05, 4.69) is 29.4 Å². The Kier molecular flexibility index (Phi) is 4.20. The second-order valence-corrected chi connectivity index (χ2v) is 6.99. The molecular formula is C15H25N3S. The van der Waals surface area contributed by atoms with E-state index < -0.39 is 0 Å². The summed E-state index contributed by atoms with van der Waals surface area (Å²) in [5, 5.41) is 7.05. The SMILES string of the molecule is CCC1CCC(C)N1Cc1csc(CNC2CC2)n1. The van der Waals surface area contributed by atoms with Crippen molar-refractivity contribution in [2.75, 3.05) is 0 Å². The molecule has 2 fully saturated rings. The van der Waals surface area contributed by atoms with Gasteiger partial charge in [0.05, 0.1) is 5.69 Å². The Morgan fingerprint density at radius 2 is 2.21 bits per heavy atom. The Balaban J connectivity index is 1.56. The number of hydrogen-bond acceptors (Lipinski definition) is 4. The third kappa shape index (κ3) is 3.36. The van der Waals surface area contributed by atoms with E-state index in [1.807, 2.05) is 11.3 Å². The summed E-state index contributed by atoms with van der Waals surface area (Å²) in [5.41, 5.74) is 1.27. The summed E-state index contributed by atoms with van der Waals surface area (Å²) in [6, 6.07) is 2.26. The van der Waals surface area contributed by atoms with Crippen LogP contribution in [-0.2, 0) is 13.1 Å². The standard InChI is InChI=1S/C15H25N3S/c1-3-14-7-4-11(2)18(14)9-13-10-19-15(17-13)8-16-12-5-6-12/h10-12,14,16H,3-9H2,1-2H3. The molecule has 106 valence electrons. The van der Waals surface area contributed by atoms with Gasteiger partial charge < -0.3 is 5.32 Å². The molecule has 0 spiro atoms. The van der Waals surface area contributed by atoms with Crippen molar-refractivity contribution in [2.45, 2.75) is 77.2 Å². The Morgan fingerprint density at radius 3 is 2.95 bits per heavy atom. The van der Waals surface area contributed by atoms with E-state index in [0.29, 0.717) is 0 Å². The van der Waals surface area contributed by atoms with Gasteiger partial charge in [-0.15, -0.1) is 11.3 Å². The monoisotopic (exact) mass is 279 g/mol. The highest BCUT2D eigenvalue weighted by molar-refractivity contribution is 7.09. The molecule has 0 bridgehead atoms. The lowest BCUT2D eigenvalue weighted by molar-refractivity contribution is 0.187. The summed E-state index contributed by atoms with van der Waals surface area (Å²) in [4.78, 5) is 7.44. The Morgan fingerprint density at radius 1 is 1.37 bits per heavy atom. The fourth-order valence-electron chi connectivity index (χ4n) is 3.06. The molecular weight excluding hydrogens is 254 g/mol. The van der Waals surface area contributed by atoms with E-state index in [1.165, 1.54) is 42.8 Å². The molecule has 0 amide bonds. The summed E-state index contributed by atoms with van der Waals surface area (Å²) in [6.07, 6.45) is 6.67. The lowest BCUT2D eigenvalue weighted by Crippen LogP contribution is -2.33. The summed E-state index contributed by atoms with van der Waals surface area (Å²) in [6.45, 7) is 6.67. The first-order chi connectivity index (χ1) is 9.26. The van der Waals surface area contributed by atoms with E-state index >= 15 is 0 Å². The van der Waals surface area contributed by atoms with Gasteiger partial charge in [0.25, 0.3) is 0 Å². The molecule has 1 aliphatic heterocycles. The largest absolute Gasteiger partial charge is 0.308 e. The van der Waals surface area contributed by atoms with Crippen LogP contribution >= 0.6 is 11.3 Å². The van der Waals surface area contributed by atoms with Crippen LogP contribution in [0.3, 0.4) is 0 Å². The number of rotatable bonds is 6. The van der Waals surface area contributed by atoms with Gasteiger partial charge in [0.15, 0.2) is 0 Å². The molecule has 2 aliphatic rings. The number of thiazole rings is 1. The van der Waals surface area contributed by atoms with Gasteiger partial charge in [-0.1, -0.05) is 6.92 Å². The quantitative estimate of drug-likeness (QED) is 0.867. The van der Waals surface area contributed by atoms with E-state index in [-0.39, 0.29) is 0 Å². The second kappa shape index (κ2) is 5.90. The van der Waals surface area contributed by atoms with Crippen LogP contribution in [0.4, 0.5) is 0 Å². The number of nitrogens with one attached hydrogen (secondary N) is 1. The Bertz CT molecular complexity index is 413. The maximum absolute atomic E-state index is 4.79. The predicted octanol–water partition coefficient (Wildman–Crippen LogP) is 3.16. The molecule has 1 aromatic rings. The van der Waals surface area contributed by atoms with Crippen molar-refractivity contribution in [3.05, 3.63) is 16.1 Å². The van der Waals surface area contributed by atoms with Gasteiger partial charge in [-0.2, -0.15) is 0 Å². The van der Waals surface area contributed by atoms with Crippen molar-refractivity contribution >= 4 is 11.3 Å². The maximum atomic E-state index is 4.79. The zero-order chi connectivity index (χ0) is 13.2. The first-order valence-electron chi connectivity index (χ1n) is 7.68. The average Bonchev–Trinajstić information content (AvgIpc) is 3.04. The van der Waals surface area contributed by atoms with Crippen molar-refractivity contribution < 1.29 is 0 Å². The topological polar surface area (TPSA) is 28.2 Å². The van der Waals surface area contributed by atoms with E-state index in [9.17, 15) is 0 Å². The van der Waals surface area contributed by atoms with Crippen LogP contribution in [0.25, 0.3) is 0 Å². The minimum atomic E-state index is 0.722. The van der Waals surface area contributed by atoms with Gasteiger partial charge >= 0.3 is 0 Å². The zero-order valence-electron chi connectivity index (χ0n) is 12.1. The van der Waals surface area contributed by atoms with Crippen LogP contribution in [0.1, 0.15) is 56.7 Å². The summed E-state index contributed by atoms with van der Waals surface area (Å²) in [5.74, 6) is 0. The van der Waals surface area contributed by atoms with Gasteiger partial charge in [-0.25, -0.2) is 4.98 Å². The van der Waals surface area contributed by atoms with Gasteiger partial charge in [0.2, 0.25) is 0 Å². The first-order valence-corrected chi connectivity index (χ1v) is 8.56. The molecule has 2 unspecified atom stereocenters. The van der Waals surface area contributed by atoms with Crippen LogP contribution in [0.15, 0.2) is 5.38 Å². The molecule has 1 N–H and O–H groups in total. The van der Waals surface area contributed by atoms with E-state index in [4.69, 9.17) is 4.98 Å². The molecule has 4 heteroatoms. The molecule has 19 heavy (non-hydrogen) atoms. The molecule has 3 rings (SSSR count). The Hall–Kier alpha value is -0.450. The number of aromatic nitrogens is 1. The third-order valence-electron chi connectivity index (χ3n) is 4.49. The van der Waals surface area contributed by atoms with Gasteiger partial charge in [0.1, 0.15) is 5.01 Å². The van der Waals surface area contributed by atoms with E-state index in [0.717, 1.165) is 31.2 Å². The molecule has 1 aliphatic carbocycles. The number of nitrogens with zero attached hydrogens (tertiary/aromatic N) is 2. The fraction of sp³-hybridized carbons (Fsp3) is 0.800. The first kappa shape index (κ1) is 13.5. The van der Waals surface area contributed by atoms with Crippen molar-refractivity contribution in [1.82, 2.24) is 15.2 Å². The average molecular weight is 279 g/mol. The third-order valence-corrected chi connectivity index (χ3v) is 5.38. The minimum absolute atomic E-state index is 0.722. The summed E-state index contributed by atoms with van der Waals surface area (Å²) in [7, 11) is 0. The zero-order valence-corrected chi connectivity index (χ0v) is 12.9. The van der Waals surface area contributed by atoms with Crippen molar-refractivity contribution in [3.8, 4) is 0 Å². The van der Waals surface area contributed by atoms with Crippen LogP contribution in [0.2, 0.25) is 0 Å². The second-order valence-electron chi connectivity index (χ2n) is 6.05. The van der Waals surface area contributed by atoms with E-state index in [1.54, 1.807) is 0 Å². The molecule has 0 radical (unpaired) electrons. The lowest BCUT2D eigenvalue weighted by atomic mass is 10.1. The van der Waals surface area contributed by atoms with Crippen LogP contribution in [0, 0.1) is 0 Å². The smallest absolute Gasteiger partial charge is 0.107 e. The molecule has 1 aromatic heterocycles. The summed E-state index contributed by atoms with van der Waals surface area (Å²) >= 11 is 1.81. The normalized spacial score (nSPS) is 28.1. The van der Waals surface area contributed by atoms with Gasteiger partial charge in [-0.05, 0) is 39.0 Å². The Labute approximate surface area is 120 Å². The number of likely N-dealkylation sites (tertiary alicyclic amines) is 1. The lowest BCUT2D eigenvalue weighted by Gasteiger charge is -2.26. The molecule has 2 atom stereocenters. The highest BCUT2D eigenvalue weighted by Crippen LogP contribution is 2.28. The maximum Gasteiger partial charge on any atom is 0.107 e. The molecule has 3 nitrogen and oxygen atoms in total.